The minimum Gasteiger partial charge on any atom is -0.353 e. The van der Waals surface area contributed by atoms with Crippen LogP contribution in [-0.2, 0) is 6.18 Å². The van der Waals surface area contributed by atoms with Crippen molar-refractivity contribution in [2.75, 3.05) is 16.8 Å². The highest BCUT2D eigenvalue weighted by Crippen LogP contribution is 2.34. The fraction of sp³-hybridized carbons (Fsp3) is 0.545. The molecule has 2 nitrogen and oxygen atoms in total. The van der Waals surface area contributed by atoms with Gasteiger partial charge in [-0.25, -0.2) is 4.98 Å². The standard InChI is InChI=1S/C11H12BrF3N2/c12-4-6-17(9-1-2-9)10-7-8(3-5-16-10)11(13,14)15/h3,5,7,9H,1-2,4,6H2. The van der Waals surface area contributed by atoms with E-state index in [9.17, 15) is 13.2 Å². The van der Waals surface area contributed by atoms with E-state index in [4.69, 9.17) is 0 Å². The van der Waals surface area contributed by atoms with E-state index in [1.807, 2.05) is 4.90 Å². The average Bonchev–Trinajstić information content (AvgIpc) is 3.09. The quantitative estimate of drug-likeness (QED) is 0.792. The van der Waals surface area contributed by atoms with Gasteiger partial charge < -0.3 is 4.90 Å². The van der Waals surface area contributed by atoms with Crippen LogP contribution in [0.25, 0.3) is 0 Å². The molecule has 17 heavy (non-hydrogen) atoms. The molecule has 0 aliphatic heterocycles. The number of rotatable bonds is 4. The van der Waals surface area contributed by atoms with Gasteiger partial charge in [0.1, 0.15) is 5.82 Å². The van der Waals surface area contributed by atoms with Crippen molar-refractivity contribution in [3.8, 4) is 0 Å². The third-order valence-electron chi connectivity index (χ3n) is 2.68. The lowest BCUT2D eigenvalue weighted by Gasteiger charge is -2.23. The van der Waals surface area contributed by atoms with Crippen molar-refractivity contribution < 1.29 is 13.2 Å². The molecule has 0 radical (unpaired) electrons. The van der Waals surface area contributed by atoms with Crippen LogP contribution in [0.15, 0.2) is 18.3 Å². The fourth-order valence-electron chi connectivity index (χ4n) is 1.71. The molecular formula is C11H12BrF3N2. The molecule has 1 fully saturated rings. The third kappa shape index (κ3) is 3.12. The Morgan fingerprint density at radius 3 is 2.65 bits per heavy atom. The monoisotopic (exact) mass is 308 g/mol. The zero-order chi connectivity index (χ0) is 12.5. The van der Waals surface area contributed by atoms with Crippen molar-refractivity contribution >= 4 is 21.7 Å². The van der Waals surface area contributed by atoms with Gasteiger partial charge in [-0.2, -0.15) is 13.2 Å². The number of alkyl halides is 4. The Morgan fingerprint density at radius 1 is 1.41 bits per heavy atom. The molecule has 0 aromatic carbocycles. The summed E-state index contributed by atoms with van der Waals surface area (Å²) in [4.78, 5) is 5.97. The molecule has 6 heteroatoms. The third-order valence-corrected chi connectivity index (χ3v) is 3.03. The number of anilines is 1. The summed E-state index contributed by atoms with van der Waals surface area (Å²) in [5.41, 5.74) is -0.636. The van der Waals surface area contributed by atoms with E-state index in [2.05, 4.69) is 20.9 Å². The maximum Gasteiger partial charge on any atom is 0.416 e. The van der Waals surface area contributed by atoms with Gasteiger partial charge in [-0.1, -0.05) is 15.9 Å². The zero-order valence-electron chi connectivity index (χ0n) is 9.04. The average molecular weight is 309 g/mol. The van der Waals surface area contributed by atoms with E-state index in [-0.39, 0.29) is 0 Å². The molecule has 0 atom stereocenters. The Morgan fingerprint density at radius 2 is 2.12 bits per heavy atom. The molecule has 1 aliphatic rings. The number of hydrogen-bond donors (Lipinski definition) is 0. The van der Waals surface area contributed by atoms with E-state index in [0.717, 1.165) is 30.3 Å². The maximum atomic E-state index is 12.6. The van der Waals surface area contributed by atoms with Crippen molar-refractivity contribution in [1.29, 1.82) is 0 Å². The van der Waals surface area contributed by atoms with Gasteiger partial charge in [-0.15, -0.1) is 0 Å². The van der Waals surface area contributed by atoms with Gasteiger partial charge in [0.15, 0.2) is 0 Å². The van der Waals surface area contributed by atoms with Crippen molar-refractivity contribution in [2.45, 2.75) is 25.1 Å². The largest absolute Gasteiger partial charge is 0.416 e. The first-order chi connectivity index (χ1) is 8.02. The Labute approximate surface area is 106 Å². The predicted octanol–water partition coefficient (Wildman–Crippen LogP) is 3.46. The molecule has 0 saturated heterocycles. The summed E-state index contributed by atoms with van der Waals surface area (Å²) >= 11 is 3.31. The van der Waals surface area contributed by atoms with Crippen LogP contribution in [0, 0.1) is 0 Å². The Hall–Kier alpha value is -0.780. The van der Waals surface area contributed by atoms with E-state index in [1.165, 1.54) is 6.20 Å². The topological polar surface area (TPSA) is 16.1 Å². The highest BCUT2D eigenvalue weighted by Gasteiger charge is 2.33. The summed E-state index contributed by atoms with van der Waals surface area (Å²) in [6, 6.07) is 2.48. The van der Waals surface area contributed by atoms with Crippen LogP contribution in [0.5, 0.6) is 0 Å². The lowest BCUT2D eigenvalue weighted by molar-refractivity contribution is -0.137. The van der Waals surface area contributed by atoms with Crippen molar-refractivity contribution in [3.63, 3.8) is 0 Å². The molecule has 1 aliphatic carbocycles. The molecule has 94 valence electrons. The number of pyridine rings is 1. The minimum absolute atomic E-state index is 0.350. The molecule has 0 bridgehead atoms. The molecule has 1 aromatic rings. The first-order valence-corrected chi connectivity index (χ1v) is 6.50. The Balaban J connectivity index is 2.24. The number of nitrogens with zero attached hydrogens (tertiary/aromatic N) is 2. The number of hydrogen-bond acceptors (Lipinski definition) is 2. The van der Waals surface area contributed by atoms with Crippen LogP contribution < -0.4 is 4.90 Å². The second-order valence-corrected chi connectivity index (χ2v) is 4.81. The van der Waals surface area contributed by atoms with E-state index in [0.29, 0.717) is 18.4 Å². The van der Waals surface area contributed by atoms with Crippen LogP contribution in [0.4, 0.5) is 19.0 Å². The molecule has 0 N–H and O–H groups in total. The zero-order valence-corrected chi connectivity index (χ0v) is 10.6. The highest BCUT2D eigenvalue weighted by molar-refractivity contribution is 9.09. The molecular weight excluding hydrogens is 297 g/mol. The van der Waals surface area contributed by atoms with Crippen LogP contribution in [0.2, 0.25) is 0 Å². The van der Waals surface area contributed by atoms with Gasteiger partial charge in [0, 0.05) is 24.1 Å². The van der Waals surface area contributed by atoms with Crippen LogP contribution in [0.3, 0.4) is 0 Å². The van der Waals surface area contributed by atoms with Crippen LogP contribution >= 0.6 is 15.9 Å². The van der Waals surface area contributed by atoms with Crippen LogP contribution in [-0.4, -0.2) is 22.9 Å². The van der Waals surface area contributed by atoms with Gasteiger partial charge in [-0.3, -0.25) is 0 Å². The highest BCUT2D eigenvalue weighted by atomic mass is 79.9. The summed E-state index contributed by atoms with van der Waals surface area (Å²) in [5, 5.41) is 0.724. The van der Waals surface area contributed by atoms with Gasteiger partial charge >= 0.3 is 6.18 Å². The number of halogens is 4. The Bertz CT molecular complexity index is 391. The second kappa shape index (κ2) is 4.84. The summed E-state index contributed by atoms with van der Waals surface area (Å²) in [6.45, 7) is 0.680. The first-order valence-electron chi connectivity index (χ1n) is 5.38. The van der Waals surface area contributed by atoms with Gasteiger partial charge in [-0.05, 0) is 25.0 Å². The SMILES string of the molecule is FC(F)(F)c1ccnc(N(CCBr)C2CC2)c1. The second-order valence-electron chi connectivity index (χ2n) is 4.01. The van der Waals surface area contributed by atoms with Gasteiger partial charge in [0.2, 0.25) is 0 Å². The normalized spacial score (nSPS) is 16.0. The van der Waals surface area contributed by atoms with Gasteiger partial charge in [0.05, 0.1) is 5.56 Å². The Kier molecular flexibility index (Phi) is 3.61. The summed E-state index contributed by atoms with van der Waals surface area (Å²) < 4.78 is 37.7. The molecule has 2 rings (SSSR count). The molecule has 0 spiro atoms. The summed E-state index contributed by atoms with van der Waals surface area (Å²) in [6.07, 6.45) is -1.01. The van der Waals surface area contributed by atoms with Crippen molar-refractivity contribution in [2.24, 2.45) is 0 Å². The van der Waals surface area contributed by atoms with E-state index < -0.39 is 11.7 Å². The lowest BCUT2D eigenvalue weighted by atomic mass is 10.2. The molecule has 1 aromatic heterocycles. The molecule has 0 unspecified atom stereocenters. The molecule has 1 saturated carbocycles. The minimum atomic E-state index is -4.30. The summed E-state index contributed by atoms with van der Waals surface area (Å²) in [5.74, 6) is 0.418. The lowest BCUT2D eigenvalue weighted by Crippen LogP contribution is -2.28. The van der Waals surface area contributed by atoms with Crippen molar-refractivity contribution in [1.82, 2.24) is 4.98 Å². The van der Waals surface area contributed by atoms with E-state index >= 15 is 0 Å². The smallest absolute Gasteiger partial charge is 0.353 e. The first kappa shape index (κ1) is 12.7. The molecule has 1 heterocycles. The number of aromatic nitrogens is 1. The maximum absolute atomic E-state index is 12.6. The molecule has 0 amide bonds. The van der Waals surface area contributed by atoms with E-state index in [1.54, 1.807) is 0 Å². The van der Waals surface area contributed by atoms with Crippen LogP contribution in [0.1, 0.15) is 18.4 Å². The van der Waals surface area contributed by atoms with Gasteiger partial charge in [0.25, 0.3) is 0 Å². The predicted molar refractivity (Wildman–Crippen MR) is 63.4 cm³/mol. The van der Waals surface area contributed by atoms with Crippen molar-refractivity contribution in [3.05, 3.63) is 23.9 Å². The summed E-state index contributed by atoms with van der Waals surface area (Å²) in [7, 11) is 0. The fourth-order valence-corrected chi connectivity index (χ4v) is 2.10.